The average Bonchev–Trinajstić information content (AvgIpc) is 2.53. The van der Waals surface area contributed by atoms with E-state index in [2.05, 4.69) is 4.98 Å². The minimum atomic E-state index is -0.349. The fourth-order valence-corrected chi connectivity index (χ4v) is 3.41. The average molecular weight is 320 g/mol. The van der Waals surface area contributed by atoms with E-state index in [0.29, 0.717) is 17.8 Å². The Bertz CT molecular complexity index is 965. The fraction of sp³-hybridized carbons (Fsp3) is 0.200. The van der Waals surface area contributed by atoms with Crippen molar-refractivity contribution < 1.29 is 9.18 Å². The second-order valence-corrected chi connectivity index (χ2v) is 6.84. The van der Waals surface area contributed by atoms with Gasteiger partial charge in [0.1, 0.15) is 5.82 Å². The number of pyridine rings is 1. The molecule has 4 heteroatoms. The molecule has 0 unspecified atom stereocenters. The number of rotatable bonds is 1. The van der Waals surface area contributed by atoms with Crippen molar-refractivity contribution in [1.82, 2.24) is 4.98 Å². The third kappa shape index (κ3) is 2.26. The second-order valence-electron chi connectivity index (χ2n) is 6.84. The van der Waals surface area contributed by atoms with Gasteiger partial charge in [-0.2, -0.15) is 0 Å². The minimum absolute atomic E-state index is 0.0461. The van der Waals surface area contributed by atoms with Crippen molar-refractivity contribution in [3.63, 3.8) is 0 Å². The van der Waals surface area contributed by atoms with E-state index >= 15 is 0 Å². The Hall–Kier alpha value is -2.75. The van der Waals surface area contributed by atoms with Crippen LogP contribution in [0.3, 0.4) is 0 Å². The summed E-state index contributed by atoms with van der Waals surface area (Å²) in [7, 11) is 0. The van der Waals surface area contributed by atoms with E-state index in [1.165, 1.54) is 12.1 Å². The van der Waals surface area contributed by atoms with E-state index in [4.69, 9.17) is 0 Å². The number of carbonyl (C=O) groups excluding carboxylic acids is 1. The second kappa shape index (κ2) is 5.13. The van der Waals surface area contributed by atoms with Crippen molar-refractivity contribution in [3.8, 4) is 0 Å². The molecule has 1 aromatic heterocycles. The number of anilines is 2. The van der Waals surface area contributed by atoms with E-state index in [1.54, 1.807) is 17.2 Å². The first-order valence-electron chi connectivity index (χ1n) is 7.93. The zero-order valence-corrected chi connectivity index (χ0v) is 13.6. The van der Waals surface area contributed by atoms with Crippen LogP contribution in [0.4, 0.5) is 15.8 Å². The third-order valence-electron chi connectivity index (χ3n) is 4.61. The Morgan fingerprint density at radius 3 is 2.75 bits per heavy atom. The smallest absolute Gasteiger partial charge is 0.232 e. The van der Waals surface area contributed by atoms with Crippen LogP contribution in [0.2, 0.25) is 0 Å². The van der Waals surface area contributed by atoms with Crippen molar-refractivity contribution in [3.05, 3.63) is 66.1 Å². The molecule has 1 aliphatic rings. The van der Waals surface area contributed by atoms with Crippen LogP contribution in [0, 0.1) is 5.82 Å². The lowest BCUT2D eigenvalue weighted by Gasteiger charge is -2.38. The molecule has 0 radical (unpaired) electrons. The van der Waals surface area contributed by atoms with Crippen molar-refractivity contribution in [1.29, 1.82) is 0 Å². The van der Waals surface area contributed by atoms with Gasteiger partial charge in [0, 0.05) is 17.2 Å². The molecule has 4 rings (SSSR count). The standard InChI is InChI=1S/C20H17FN2O/c1-20(2)11-19(24)23(18-10-14(21)7-8-16(18)20)15-9-13-5-3-4-6-17(13)22-12-15/h3-10,12H,11H2,1-2H3. The maximum Gasteiger partial charge on any atom is 0.232 e. The van der Waals surface area contributed by atoms with Gasteiger partial charge in [0.15, 0.2) is 0 Å². The molecule has 0 saturated carbocycles. The number of hydrogen-bond acceptors (Lipinski definition) is 2. The summed E-state index contributed by atoms with van der Waals surface area (Å²) in [4.78, 5) is 18.8. The summed E-state index contributed by atoms with van der Waals surface area (Å²) in [6.07, 6.45) is 2.05. The molecule has 0 spiro atoms. The first-order chi connectivity index (χ1) is 11.5. The van der Waals surface area contributed by atoms with Crippen LogP contribution in [-0.2, 0) is 10.2 Å². The Morgan fingerprint density at radius 2 is 1.92 bits per heavy atom. The van der Waals surface area contributed by atoms with Gasteiger partial charge in [-0.1, -0.05) is 38.1 Å². The normalized spacial score (nSPS) is 16.3. The lowest BCUT2D eigenvalue weighted by atomic mass is 9.77. The van der Waals surface area contributed by atoms with Crippen molar-refractivity contribution in [2.45, 2.75) is 25.7 Å². The quantitative estimate of drug-likeness (QED) is 0.650. The van der Waals surface area contributed by atoms with Gasteiger partial charge >= 0.3 is 0 Å². The molecule has 0 fully saturated rings. The van der Waals surface area contributed by atoms with Crippen LogP contribution in [0.15, 0.2) is 54.7 Å². The number of hydrogen-bond donors (Lipinski definition) is 0. The Kier molecular flexibility index (Phi) is 3.17. The molecular formula is C20H17FN2O. The Balaban J connectivity index is 1.93. The number of amides is 1. The summed E-state index contributed by atoms with van der Waals surface area (Å²) in [6, 6.07) is 14.3. The number of aromatic nitrogens is 1. The highest BCUT2D eigenvalue weighted by Crippen LogP contribution is 2.43. The maximum atomic E-state index is 13.9. The van der Waals surface area contributed by atoms with Gasteiger partial charge in [-0.3, -0.25) is 14.7 Å². The number of halogens is 1. The molecule has 120 valence electrons. The summed E-state index contributed by atoms with van der Waals surface area (Å²) in [6.45, 7) is 4.02. The van der Waals surface area contributed by atoms with Gasteiger partial charge in [-0.05, 0) is 29.8 Å². The van der Waals surface area contributed by atoms with Crippen LogP contribution >= 0.6 is 0 Å². The fourth-order valence-electron chi connectivity index (χ4n) is 3.41. The van der Waals surface area contributed by atoms with E-state index in [-0.39, 0.29) is 17.1 Å². The van der Waals surface area contributed by atoms with Crippen molar-refractivity contribution in [2.24, 2.45) is 0 Å². The van der Waals surface area contributed by atoms with Crippen LogP contribution in [0.25, 0.3) is 10.9 Å². The van der Waals surface area contributed by atoms with Crippen LogP contribution in [0.1, 0.15) is 25.8 Å². The van der Waals surface area contributed by atoms with Crippen molar-refractivity contribution in [2.75, 3.05) is 4.90 Å². The number of para-hydroxylation sites is 1. The predicted molar refractivity (Wildman–Crippen MR) is 92.9 cm³/mol. The van der Waals surface area contributed by atoms with Crippen molar-refractivity contribution >= 4 is 28.2 Å². The highest BCUT2D eigenvalue weighted by Gasteiger charge is 2.37. The molecule has 1 amide bonds. The number of nitrogens with zero attached hydrogens (tertiary/aromatic N) is 2. The molecule has 0 saturated heterocycles. The van der Waals surface area contributed by atoms with Gasteiger partial charge in [0.05, 0.1) is 23.1 Å². The number of benzene rings is 2. The molecule has 1 aliphatic heterocycles. The summed E-state index contributed by atoms with van der Waals surface area (Å²) in [5.41, 5.74) is 2.79. The van der Waals surface area contributed by atoms with Gasteiger partial charge in [-0.15, -0.1) is 0 Å². The lowest BCUT2D eigenvalue weighted by Crippen LogP contribution is -2.39. The molecule has 3 nitrogen and oxygen atoms in total. The minimum Gasteiger partial charge on any atom is -0.279 e. The first-order valence-corrected chi connectivity index (χ1v) is 7.93. The first kappa shape index (κ1) is 14.8. The number of fused-ring (bicyclic) bond motifs is 2. The maximum absolute atomic E-state index is 13.9. The summed E-state index contributed by atoms with van der Waals surface area (Å²) in [5, 5.41) is 0.950. The van der Waals surface area contributed by atoms with Gasteiger partial charge < -0.3 is 0 Å². The van der Waals surface area contributed by atoms with Crippen LogP contribution in [-0.4, -0.2) is 10.9 Å². The topological polar surface area (TPSA) is 33.2 Å². The van der Waals surface area contributed by atoms with E-state index < -0.39 is 0 Å². The molecule has 0 aliphatic carbocycles. The van der Waals surface area contributed by atoms with Gasteiger partial charge in [0.25, 0.3) is 0 Å². The molecule has 3 aromatic rings. The summed E-state index contributed by atoms with van der Waals surface area (Å²) in [5.74, 6) is -0.395. The SMILES string of the molecule is CC1(C)CC(=O)N(c2cnc3ccccc3c2)c2cc(F)ccc21. The molecule has 0 N–H and O–H groups in total. The van der Waals surface area contributed by atoms with E-state index in [0.717, 1.165) is 16.5 Å². The predicted octanol–water partition coefficient (Wildman–Crippen LogP) is 4.72. The highest BCUT2D eigenvalue weighted by molar-refractivity contribution is 6.05. The molecule has 0 atom stereocenters. The van der Waals surface area contributed by atoms with Gasteiger partial charge in [-0.25, -0.2) is 4.39 Å². The van der Waals surface area contributed by atoms with E-state index in [1.807, 2.05) is 44.2 Å². The molecule has 2 heterocycles. The highest BCUT2D eigenvalue weighted by atomic mass is 19.1. The third-order valence-corrected chi connectivity index (χ3v) is 4.61. The molecule has 24 heavy (non-hydrogen) atoms. The number of carbonyl (C=O) groups is 1. The molecular weight excluding hydrogens is 303 g/mol. The summed E-state index contributed by atoms with van der Waals surface area (Å²) >= 11 is 0. The Morgan fingerprint density at radius 1 is 1.12 bits per heavy atom. The zero-order chi connectivity index (χ0) is 16.9. The molecule has 2 aromatic carbocycles. The Labute approximate surface area is 139 Å². The molecule has 0 bridgehead atoms. The largest absolute Gasteiger partial charge is 0.279 e. The van der Waals surface area contributed by atoms with Gasteiger partial charge in [0.2, 0.25) is 5.91 Å². The van der Waals surface area contributed by atoms with E-state index in [9.17, 15) is 9.18 Å². The van der Waals surface area contributed by atoms with Crippen LogP contribution < -0.4 is 4.90 Å². The monoisotopic (exact) mass is 320 g/mol. The zero-order valence-electron chi connectivity index (χ0n) is 13.6. The lowest BCUT2D eigenvalue weighted by molar-refractivity contribution is -0.119. The van der Waals surface area contributed by atoms with Crippen LogP contribution in [0.5, 0.6) is 0 Å². The summed E-state index contributed by atoms with van der Waals surface area (Å²) < 4.78 is 13.9.